The molecule has 0 N–H and O–H groups in total. The lowest BCUT2D eigenvalue weighted by Gasteiger charge is -1.82. The van der Waals surface area contributed by atoms with E-state index in [1.807, 2.05) is 13.8 Å². The van der Waals surface area contributed by atoms with E-state index in [1.54, 1.807) is 0 Å². The predicted molar refractivity (Wildman–Crippen MR) is 33.9 cm³/mol. The van der Waals surface area contributed by atoms with E-state index in [2.05, 4.69) is 22.9 Å². The Morgan fingerprint density at radius 3 is 2.25 bits per heavy atom. The maximum absolute atomic E-state index is 3.99. The van der Waals surface area contributed by atoms with Gasteiger partial charge in [0, 0.05) is 0 Å². The number of hydrogen-bond acceptors (Lipinski definition) is 3. The summed E-state index contributed by atoms with van der Waals surface area (Å²) < 4.78 is 1.45. The molecule has 0 aliphatic heterocycles. The first-order valence-corrected chi connectivity index (χ1v) is 2.69. The van der Waals surface area contributed by atoms with E-state index in [1.165, 1.54) is 4.09 Å². The normalized spacial score (nSPS) is 9.88. The molecule has 1 rings (SSSR count). The van der Waals surface area contributed by atoms with Crippen LogP contribution in [0.1, 0.15) is 11.6 Å². The molecule has 44 valence electrons. The molecule has 0 saturated carbocycles. The Kier molecular flexibility index (Phi) is 1.25. The highest BCUT2D eigenvalue weighted by atomic mass is 32.1. The first-order chi connectivity index (χ1) is 3.70. The summed E-state index contributed by atoms with van der Waals surface area (Å²) in [6, 6.07) is 0. The van der Waals surface area contributed by atoms with Crippen LogP contribution in [-0.2, 0) is 0 Å². The number of nitrogens with zero attached hydrogens (tertiary/aromatic N) is 3. The Bertz CT molecular complexity index is 174. The van der Waals surface area contributed by atoms with Crippen LogP contribution in [0, 0.1) is 13.8 Å². The molecule has 0 atom stereocenters. The van der Waals surface area contributed by atoms with E-state index in [-0.39, 0.29) is 0 Å². The summed E-state index contributed by atoms with van der Waals surface area (Å²) >= 11 is 3.96. The van der Waals surface area contributed by atoms with Crippen molar-refractivity contribution in [2.24, 2.45) is 0 Å². The molecule has 1 aromatic heterocycles. The van der Waals surface area contributed by atoms with Crippen LogP contribution in [0.2, 0.25) is 0 Å². The molecular weight excluding hydrogens is 122 g/mol. The second-order valence-electron chi connectivity index (χ2n) is 1.60. The molecule has 0 aromatic carbocycles. The van der Waals surface area contributed by atoms with E-state index < -0.39 is 0 Å². The van der Waals surface area contributed by atoms with Gasteiger partial charge in [0.05, 0.1) is 0 Å². The number of aryl methyl sites for hydroxylation is 2. The molecule has 0 saturated heterocycles. The van der Waals surface area contributed by atoms with Crippen molar-refractivity contribution in [3.63, 3.8) is 0 Å². The van der Waals surface area contributed by atoms with Crippen molar-refractivity contribution < 1.29 is 0 Å². The van der Waals surface area contributed by atoms with Crippen molar-refractivity contribution in [1.29, 1.82) is 0 Å². The van der Waals surface area contributed by atoms with Crippen molar-refractivity contribution in [2.45, 2.75) is 13.8 Å². The monoisotopic (exact) mass is 129 g/mol. The molecule has 0 spiro atoms. The van der Waals surface area contributed by atoms with E-state index in [9.17, 15) is 0 Å². The van der Waals surface area contributed by atoms with Crippen LogP contribution < -0.4 is 0 Å². The summed E-state index contributed by atoms with van der Waals surface area (Å²) in [5, 5.41) is 3.88. The fraction of sp³-hybridized carbons (Fsp3) is 0.500. The molecule has 0 unspecified atom stereocenters. The van der Waals surface area contributed by atoms with E-state index in [4.69, 9.17) is 0 Å². The lowest BCUT2D eigenvalue weighted by molar-refractivity contribution is 0.954. The van der Waals surface area contributed by atoms with Crippen molar-refractivity contribution in [3.8, 4) is 0 Å². The van der Waals surface area contributed by atoms with Crippen LogP contribution >= 0.6 is 12.8 Å². The smallest absolute Gasteiger partial charge is 0.148 e. The van der Waals surface area contributed by atoms with Gasteiger partial charge in [-0.25, -0.2) is 4.98 Å². The van der Waals surface area contributed by atoms with Crippen molar-refractivity contribution in [2.75, 3.05) is 0 Å². The summed E-state index contributed by atoms with van der Waals surface area (Å²) in [6.07, 6.45) is 0. The van der Waals surface area contributed by atoms with Gasteiger partial charge in [0.25, 0.3) is 0 Å². The summed E-state index contributed by atoms with van der Waals surface area (Å²) in [5.41, 5.74) is 0. The maximum atomic E-state index is 3.99. The second kappa shape index (κ2) is 1.78. The fourth-order valence-corrected chi connectivity index (χ4v) is 0.685. The third-order valence-electron chi connectivity index (χ3n) is 0.852. The molecule has 4 heteroatoms. The first kappa shape index (κ1) is 5.62. The molecule has 0 amide bonds. The lowest BCUT2D eigenvalue weighted by Crippen LogP contribution is -1.84. The summed E-state index contributed by atoms with van der Waals surface area (Å²) in [7, 11) is 0. The zero-order chi connectivity index (χ0) is 6.15. The van der Waals surface area contributed by atoms with E-state index in [0.717, 1.165) is 11.6 Å². The molecule has 8 heavy (non-hydrogen) atoms. The van der Waals surface area contributed by atoms with Gasteiger partial charge in [0.1, 0.15) is 11.6 Å². The zero-order valence-electron chi connectivity index (χ0n) is 4.79. The zero-order valence-corrected chi connectivity index (χ0v) is 5.68. The Morgan fingerprint density at radius 2 is 2.12 bits per heavy atom. The highest BCUT2D eigenvalue weighted by molar-refractivity contribution is 7.78. The number of hydrogen-bond donors (Lipinski definition) is 1. The van der Waals surface area contributed by atoms with Gasteiger partial charge in [-0.05, 0) is 26.7 Å². The van der Waals surface area contributed by atoms with Crippen LogP contribution in [0.3, 0.4) is 0 Å². The van der Waals surface area contributed by atoms with Crippen LogP contribution in [0.15, 0.2) is 0 Å². The van der Waals surface area contributed by atoms with Gasteiger partial charge >= 0.3 is 0 Å². The number of thiol groups is 1. The van der Waals surface area contributed by atoms with Gasteiger partial charge in [0.2, 0.25) is 0 Å². The Hall–Kier alpha value is -0.510. The van der Waals surface area contributed by atoms with Crippen LogP contribution in [0.4, 0.5) is 0 Å². The highest BCUT2D eigenvalue weighted by Gasteiger charge is 1.94. The molecule has 1 heterocycles. The van der Waals surface area contributed by atoms with Crippen LogP contribution in [0.25, 0.3) is 0 Å². The molecule has 0 aliphatic carbocycles. The predicted octanol–water partition coefficient (Wildman–Crippen LogP) is 0.588. The molecular formula is C4H7N3S. The Balaban J connectivity index is 3.14. The molecule has 0 bridgehead atoms. The Morgan fingerprint density at radius 1 is 1.50 bits per heavy atom. The standard InChI is InChI=1S/C4H7N3S/c1-3-5-4(2)7(8)6-3/h8H,1-2H3. The van der Waals surface area contributed by atoms with E-state index >= 15 is 0 Å². The summed E-state index contributed by atoms with van der Waals surface area (Å²) in [5.74, 6) is 1.59. The number of rotatable bonds is 0. The van der Waals surface area contributed by atoms with Gasteiger partial charge in [-0.1, -0.05) is 0 Å². The molecule has 0 aliphatic rings. The minimum Gasteiger partial charge on any atom is -0.216 e. The summed E-state index contributed by atoms with van der Waals surface area (Å²) in [6.45, 7) is 3.69. The maximum Gasteiger partial charge on any atom is 0.148 e. The number of aromatic nitrogens is 3. The molecule has 0 radical (unpaired) electrons. The highest BCUT2D eigenvalue weighted by Crippen LogP contribution is 1.94. The van der Waals surface area contributed by atoms with Crippen LogP contribution in [-0.4, -0.2) is 14.2 Å². The van der Waals surface area contributed by atoms with Gasteiger partial charge < -0.3 is 0 Å². The second-order valence-corrected chi connectivity index (χ2v) is 1.97. The first-order valence-electron chi connectivity index (χ1n) is 2.29. The SMILES string of the molecule is Cc1nc(C)n(S)n1. The minimum atomic E-state index is 0.762. The Labute approximate surface area is 53.3 Å². The van der Waals surface area contributed by atoms with Crippen LogP contribution in [0.5, 0.6) is 0 Å². The molecule has 1 aromatic rings. The quantitative estimate of drug-likeness (QED) is 0.520. The van der Waals surface area contributed by atoms with Gasteiger partial charge in [-0.2, -0.15) is 4.09 Å². The van der Waals surface area contributed by atoms with E-state index in [0.29, 0.717) is 0 Å². The minimum absolute atomic E-state index is 0.762. The van der Waals surface area contributed by atoms with Gasteiger partial charge in [0.15, 0.2) is 0 Å². The average molecular weight is 129 g/mol. The van der Waals surface area contributed by atoms with Gasteiger partial charge in [-0.3, -0.25) is 0 Å². The largest absolute Gasteiger partial charge is 0.216 e. The van der Waals surface area contributed by atoms with Gasteiger partial charge in [-0.15, -0.1) is 5.10 Å². The molecule has 3 nitrogen and oxygen atoms in total. The molecule has 0 fully saturated rings. The fourth-order valence-electron chi connectivity index (χ4n) is 0.511. The van der Waals surface area contributed by atoms with Crippen molar-refractivity contribution in [3.05, 3.63) is 11.6 Å². The van der Waals surface area contributed by atoms with Crippen molar-refractivity contribution in [1.82, 2.24) is 14.2 Å². The average Bonchev–Trinajstić information content (AvgIpc) is 1.85. The third-order valence-corrected chi connectivity index (χ3v) is 1.23. The summed E-state index contributed by atoms with van der Waals surface area (Å²) in [4.78, 5) is 3.99. The lowest BCUT2D eigenvalue weighted by atomic mass is 10.7. The topological polar surface area (TPSA) is 30.7 Å². The van der Waals surface area contributed by atoms with Crippen molar-refractivity contribution >= 4 is 12.8 Å². The third kappa shape index (κ3) is 0.838.